The number of benzene rings is 2. The minimum absolute atomic E-state index is 0.0713. The highest BCUT2D eigenvalue weighted by atomic mass is 19.4. The van der Waals surface area contributed by atoms with Gasteiger partial charge in [0.15, 0.2) is 5.78 Å². The van der Waals surface area contributed by atoms with E-state index in [2.05, 4.69) is 4.98 Å². The smallest absolute Gasteiger partial charge is 0.323 e. The van der Waals surface area contributed by atoms with Gasteiger partial charge in [-0.15, -0.1) is 0 Å². The maximum atomic E-state index is 12.7. The van der Waals surface area contributed by atoms with Crippen LogP contribution >= 0.6 is 0 Å². The van der Waals surface area contributed by atoms with Crippen molar-refractivity contribution >= 4 is 16.8 Å². The zero-order chi connectivity index (χ0) is 16.2. The van der Waals surface area contributed by atoms with E-state index in [9.17, 15) is 18.0 Å². The summed E-state index contributed by atoms with van der Waals surface area (Å²) in [7, 11) is 0. The molecule has 0 spiro atoms. The molecular formula is C17H11F3N2O. The SMILES string of the molecule is O=C1CCn2c(-c3ccc(C(F)(F)F)cc3)nc3cccc1c32. The first-order valence-electron chi connectivity index (χ1n) is 7.15. The fourth-order valence-electron chi connectivity index (χ4n) is 3.00. The minimum atomic E-state index is -4.36. The number of aromatic nitrogens is 2. The number of carbonyl (C=O) groups excluding carboxylic acids is 1. The third kappa shape index (κ3) is 2.13. The van der Waals surface area contributed by atoms with Crippen molar-refractivity contribution in [2.75, 3.05) is 0 Å². The molecule has 2 heterocycles. The number of hydrogen-bond acceptors (Lipinski definition) is 2. The van der Waals surface area contributed by atoms with Crippen molar-refractivity contribution < 1.29 is 18.0 Å². The van der Waals surface area contributed by atoms with Crippen molar-refractivity contribution in [2.24, 2.45) is 0 Å². The highest BCUT2D eigenvalue weighted by molar-refractivity contribution is 6.08. The first-order valence-corrected chi connectivity index (χ1v) is 7.15. The maximum Gasteiger partial charge on any atom is 0.416 e. The van der Waals surface area contributed by atoms with Crippen LogP contribution in [0.5, 0.6) is 0 Å². The van der Waals surface area contributed by atoms with Gasteiger partial charge in [0, 0.05) is 24.1 Å². The molecule has 0 bridgehead atoms. The third-order valence-corrected chi connectivity index (χ3v) is 4.10. The first-order chi connectivity index (χ1) is 10.9. The molecule has 3 aromatic rings. The fourth-order valence-corrected chi connectivity index (χ4v) is 3.00. The van der Waals surface area contributed by atoms with E-state index < -0.39 is 11.7 Å². The lowest BCUT2D eigenvalue weighted by Gasteiger charge is -2.16. The number of alkyl halides is 3. The minimum Gasteiger partial charge on any atom is -0.323 e. The van der Waals surface area contributed by atoms with Crippen LogP contribution in [0.1, 0.15) is 22.3 Å². The molecule has 6 heteroatoms. The number of carbonyl (C=O) groups is 1. The van der Waals surface area contributed by atoms with Gasteiger partial charge in [-0.1, -0.05) is 18.2 Å². The molecule has 0 fully saturated rings. The van der Waals surface area contributed by atoms with Crippen LogP contribution in [0.15, 0.2) is 42.5 Å². The quantitative estimate of drug-likeness (QED) is 0.670. The molecule has 3 nitrogen and oxygen atoms in total. The number of nitrogens with zero attached hydrogens (tertiary/aromatic N) is 2. The lowest BCUT2D eigenvalue weighted by molar-refractivity contribution is -0.137. The second-order valence-corrected chi connectivity index (χ2v) is 5.51. The Balaban J connectivity index is 1.89. The number of para-hydroxylation sites is 1. The standard InChI is InChI=1S/C17H11F3N2O/c18-17(19,20)11-6-4-10(5-7-11)16-21-13-3-1-2-12-14(23)8-9-22(16)15(12)13/h1-7H,8-9H2. The summed E-state index contributed by atoms with van der Waals surface area (Å²) >= 11 is 0. The van der Waals surface area contributed by atoms with Crippen LogP contribution in [-0.2, 0) is 12.7 Å². The topological polar surface area (TPSA) is 34.9 Å². The van der Waals surface area contributed by atoms with Crippen molar-refractivity contribution in [1.29, 1.82) is 0 Å². The zero-order valence-electron chi connectivity index (χ0n) is 11.9. The summed E-state index contributed by atoms with van der Waals surface area (Å²) in [5.74, 6) is 0.663. The van der Waals surface area contributed by atoms with Crippen LogP contribution in [0.25, 0.3) is 22.4 Å². The molecule has 1 aliphatic rings. The second-order valence-electron chi connectivity index (χ2n) is 5.51. The highest BCUT2D eigenvalue weighted by Crippen LogP contribution is 2.33. The van der Waals surface area contributed by atoms with Gasteiger partial charge in [-0.25, -0.2) is 4.98 Å². The Morgan fingerprint density at radius 3 is 2.48 bits per heavy atom. The predicted molar refractivity (Wildman–Crippen MR) is 79.1 cm³/mol. The molecule has 4 rings (SSSR count). The van der Waals surface area contributed by atoms with E-state index in [1.165, 1.54) is 12.1 Å². The van der Waals surface area contributed by atoms with Crippen LogP contribution < -0.4 is 0 Å². The van der Waals surface area contributed by atoms with Gasteiger partial charge in [0.1, 0.15) is 5.82 Å². The van der Waals surface area contributed by atoms with Crippen molar-refractivity contribution in [2.45, 2.75) is 19.1 Å². The van der Waals surface area contributed by atoms with E-state index >= 15 is 0 Å². The Bertz CT molecular complexity index is 923. The van der Waals surface area contributed by atoms with Crippen molar-refractivity contribution in [1.82, 2.24) is 9.55 Å². The largest absolute Gasteiger partial charge is 0.416 e. The van der Waals surface area contributed by atoms with E-state index in [0.717, 1.165) is 17.6 Å². The molecule has 0 saturated carbocycles. The van der Waals surface area contributed by atoms with Crippen molar-refractivity contribution in [3.8, 4) is 11.4 Å². The molecule has 0 N–H and O–H groups in total. The molecule has 0 amide bonds. The molecule has 0 unspecified atom stereocenters. The zero-order valence-corrected chi connectivity index (χ0v) is 11.9. The van der Waals surface area contributed by atoms with Crippen molar-refractivity contribution in [3.63, 3.8) is 0 Å². The number of hydrogen-bond donors (Lipinski definition) is 0. The summed E-state index contributed by atoms with van der Waals surface area (Å²) in [5, 5.41) is 0. The maximum absolute atomic E-state index is 12.7. The van der Waals surface area contributed by atoms with Gasteiger partial charge in [0.05, 0.1) is 16.6 Å². The Labute approximate surface area is 129 Å². The van der Waals surface area contributed by atoms with Crippen LogP contribution in [0.4, 0.5) is 13.2 Å². The fraction of sp³-hybridized carbons (Fsp3) is 0.176. The number of Topliss-reactive ketones (excluding diaryl/α,β-unsaturated/α-hetero) is 1. The molecule has 0 radical (unpaired) electrons. The van der Waals surface area contributed by atoms with E-state index in [1.807, 2.05) is 10.6 Å². The molecule has 0 atom stereocenters. The van der Waals surface area contributed by atoms with Gasteiger partial charge in [-0.2, -0.15) is 13.2 Å². The third-order valence-electron chi connectivity index (χ3n) is 4.10. The van der Waals surface area contributed by atoms with Crippen LogP contribution in [0.3, 0.4) is 0 Å². The van der Waals surface area contributed by atoms with E-state index in [4.69, 9.17) is 0 Å². The van der Waals surface area contributed by atoms with E-state index in [0.29, 0.717) is 35.4 Å². The summed E-state index contributed by atoms with van der Waals surface area (Å²) in [6, 6.07) is 10.3. The summed E-state index contributed by atoms with van der Waals surface area (Å²) < 4.78 is 40.0. The highest BCUT2D eigenvalue weighted by Gasteiger charge is 2.30. The Morgan fingerprint density at radius 1 is 1.04 bits per heavy atom. The Morgan fingerprint density at radius 2 is 1.78 bits per heavy atom. The summed E-state index contributed by atoms with van der Waals surface area (Å²) in [6.07, 6.45) is -3.99. The predicted octanol–water partition coefficient (Wildman–Crippen LogP) is 4.31. The molecule has 1 aliphatic heterocycles. The monoisotopic (exact) mass is 316 g/mol. The molecule has 0 saturated heterocycles. The van der Waals surface area contributed by atoms with Crippen LogP contribution in [0.2, 0.25) is 0 Å². The Kier molecular flexibility index (Phi) is 2.85. The number of ketones is 1. The van der Waals surface area contributed by atoms with Gasteiger partial charge in [0.25, 0.3) is 0 Å². The van der Waals surface area contributed by atoms with Crippen LogP contribution in [0, 0.1) is 0 Å². The molecule has 0 aliphatic carbocycles. The summed E-state index contributed by atoms with van der Waals surface area (Å²) in [6.45, 7) is 0.489. The van der Waals surface area contributed by atoms with Gasteiger partial charge in [-0.05, 0) is 24.3 Å². The first kappa shape index (κ1) is 14.0. The van der Waals surface area contributed by atoms with E-state index in [-0.39, 0.29) is 5.78 Å². The molecule has 1 aromatic heterocycles. The molecular weight excluding hydrogens is 305 g/mol. The van der Waals surface area contributed by atoms with Gasteiger partial charge < -0.3 is 4.57 Å². The number of aryl methyl sites for hydroxylation is 1. The second kappa shape index (κ2) is 4.68. The van der Waals surface area contributed by atoms with Crippen molar-refractivity contribution in [3.05, 3.63) is 53.6 Å². The molecule has 2 aromatic carbocycles. The van der Waals surface area contributed by atoms with Gasteiger partial charge in [0.2, 0.25) is 0 Å². The van der Waals surface area contributed by atoms with Gasteiger partial charge in [-0.3, -0.25) is 4.79 Å². The molecule has 116 valence electrons. The number of imidazole rings is 1. The van der Waals surface area contributed by atoms with E-state index in [1.54, 1.807) is 12.1 Å². The number of halogens is 3. The van der Waals surface area contributed by atoms with Gasteiger partial charge >= 0.3 is 6.18 Å². The normalized spacial score (nSPS) is 14.5. The molecule has 23 heavy (non-hydrogen) atoms. The average molecular weight is 316 g/mol. The lowest BCUT2D eigenvalue weighted by Crippen LogP contribution is -2.14. The summed E-state index contributed by atoms with van der Waals surface area (Å²) in [4.78, 5) is 16.5. The number of rotatable bonds is 1. The lowest BCUT2D eigenvalue weighted by atomic mass is 10.0. The van der Waals surface area contributed by atoms with Crippen LogP contribution in [-0.4, -0.2) is 15.3 Å². The average Bonchev–Trinajstić information content (AvgIpc) is 2.90. The Hall–Kier alpha value is -2.63. The summed E-state index contributed by atoms with van der Waals surface area (Å²) in [5.41, 5.74) is 1.99.